The minimum atomic E-state index is -1.11. The SMILES string of the molecule is COC(=O)C1=C(C(OC)OC)N=C(C)C(C(=O)O)C1c1ccccc1OC. The molecule has 2 atom stereocenters. The Morgan fingerprint density at radius 2 is 1.74 bits per heavy atom. The number of methoxy groups -OCH3 is 4. The third-order valence-corrected chi connectivity index (χ3v) is 4.46. The van der Waals surface area contributed by atoms with Gasteiger partial charge in [-0.1, -0.05) is 18.2 Å². The van der Waals surface area contributed by atoms with E-state index in [4.69, 9.17) is 18.9 Å². The van der Waals surface area contributed by atoms with E-state index < -0.39 is 30.1 Å². The van der Waals surface area contributed by atoms with Crippen molar-refractivity contribution in [3.05, 3.63) is 41.1 Å². The average Bonchev–Trinajstić information content (AvgIpc) is 2.67. The molecule has 0 radical (unpaired) electrons. The second-order valence-corrected chi connectivity index (χ2v) is 5.88. The first-order chi connectivity index (χ1) is 12.9. The largest absolute Gasteiger partial charge is 0.496 e. The molecular weight excluding hydrogens is 354 g/mol. The lowest BCUT2D eigenvalue weighted by Gasteiger charge is -2.33. The lowest BCUT2D eigenvalue weighted by Crippen LogP contribution is -2.38. The highest BCUT2D eigenvalue weighted by molar-refractivity contribution is 6.06. The zero-order valence-corrected chi connectivity index (χ0v) is 15.9. The first-order valence-corrected chi connectivity index (χ1v) is 8.20. The summed E-state index contributed by atoms with van der Waals surface area (Å²) in [6, 6.07) is 6.93. The predicted octanol–water partition coefficient (Wildman–Crippen LogP) is 2.00. The van der Waals surface area contributed by atoms with Crippen LogP contribution in [0.5, 0.6) is 5.75 Å². The Balaban J connectivity index is 2.84. The molecule has 0 amide bonds. The van der Waals surface area contributed by atoms with Crippen LogP contribution in [0, 0.1) is 5.92 Å². The van der Waals surface area contributed by atoms with Crippen molar-refractivity contribution >= 4 is 17.7 Å². The number of hydrogen-bond donors (Lipinski definition) is 1. The summed E-state index contributed by atoms with van der Waals surface area (Å²) in [6.07, 6.45) is -0.957. The Kier molecular flexibility index (Phi) is 6.70. The minimum Gasteiger partial charge on any atom is -0.496 e. The molecule has 8 heteroatoms. The predicted molar refractivity (Wildman–Crippen MR) is 96.8 cm³/mol. The van der Waals surface area contributed by atoms with Crippen molar-refractivity contribution in [2.45, 2.75) is 19.1 Å². The van der Waals surface area contributed by atoms with E-state index in [-0.39, 0.29) is 11.3 Å². The molecule has 0 fully saturated rings. The number of nitrogens with zero attached hydrogens (tertiary/aromatic N) is 1. The van der Waals surface area contributed by atoms with E-state index in [9.17, 15) is 14.7 Å². The Morgan fingerprint density at radius 3 is 2.26 bits per heavy atom. The average molecular weight is 377 g/mol. The van der Waals surface area contributed by atoms with Crippen LogP contribution in [-0.4, -0.2) is 57.5 Å². The summed E-state index contributed by atoms with van der Waals surface area (Å²) in [5.74, 6) is -3.32. The third-order valence-electron chi connectivity index (χ3n) is 4.46. The van der Waals surface area contributed by atoms with Crippen molar-refractivity contribution in [3.63, 3.8) is 0 Å². The lowest BCUT2D eigenvalue weighted by molar-refractivity contribution is -0.140. The van der Waals surface area contributed by atoms with Crippen LogP contribution in [0.4, 0.5) is 0 Å². The van der Waals surface area contributed by atoms with Gasteiger partial charge in [-0.2, -0.15) is 0 Å². The Morgan fingerprint density at radius 1 is 1.11 bits per heavy atom. The summed E-state index contributed by atoms with van der Waals surface area (Å²) >= 11 is 0. The summed E-state index contributed by atoms with van der Waals surface area (Å²) in [5.41, 5.74) is 1.09. The van der Waals surface area contributed by atoms with Gasteiger partial charge in [-0.25, -0.2) is 4.79 Å². The van der Waals surface area contributed by atoms with Gasteiger partial charge in [-0.15, -0.1) is 0 Å². The van der Waals surface area contributed by atoms with Crippen molar-refractivity contribution in [2.75, 3.05) is 28.4 Å². The monoisotopic (exact) mass is 377 g/mol. The van der Waals surface area contributed by atoms with Crippen LogP contribution >= 0.6 is 0 Å². The molecule has 0 aromatic heterocycles. The van der Waals surface area contributed by atoms with Crippen molar-refractivity contribution in [3.8, 4) is 5.75 Å². The fourth-order valence-electron chi connectivity index (χ4n) is 3.31. The standard InChI is InChI=1S/C19H23NO7/c1-10-13(17(21)22)14(11-8-6-7-9-12(11)24-2)15(18(23)25-3)16(20-10)19(26-4)27-5/h6-9,13-14,19H,1-5H3,(H,21,22). The minimum absolute atomic E-state index is 0.0636. The highest BCUT2D eigenvalue weighted by Crippen LogP contribution is 2.43. The molecule has 1 aliphatic rings. The molecule has 1 heterocycles. The van der Waals surface area contributed by atoms with Crippen LogP contribution < -0.4 is 4.74 Å². The van der Waals surface area contributed by atoms with E-state index in [0.29, 0.717) is 17.0 Å². The summed E-state index contributed by atoms with van der Waals surface area (Å²) in [6.45, 7) is 1.59. The van der Waals surface area contributed by atoms with E-state index in [0.717, 1.165) is 0 Å². The van der Waals surface area contributed by atoms with Gasteiger partial charge in [0.2, 0.25) is 6.29 Å². The molecule has 2 unspecified atom stereocenters. The number of aliphatic imine (C=N–C) groups is 1. The Bertz CT molecular complexity index is 780. The second-order valence-electron chi connectivity index (χ2n) is 5.88. The number of benzene rings is 1. The van der Waals surface area contributed by atoms with Crippen molar-refractivity contribution in [1.82, 2.24) is 0 Å². The fraction of sp³-hybridized carbons (Fsp3) is 0.421. The van der Waals surface area contributed by atoms with Gasteiger partial charge in [0, 0.05) is 31.4 Å². The van der Waals surface area contributed by atoms with Crippen LogP contribution in [0.3, 0.4) is 0 Å². The maximum Gasteiger partial charge on any atom is 0.336 e. The second kappa shape index (κ2) is 8.79. The van der Waals surface area contributed by atoms with Gasteiger partial charge in [0.05, 0.1) is 19.8 Å². The van der Waals surface area contributed by atoms with Gasteiger partial charge >= 0.3 is 11.9 Å². The molecule has 0 saturated carbocycles. The van der Waals surface area contributed by atoms with Gasteiger partial charge in [0.1, 0.15) is 17.4 Å². The van der Waals surface area contributed by atoms with Crippen LogP contribution in [0.25, 0.3) is 0 Å². The van der Waals surface area contributed by atoms with Crippen LogP contribution in [0.1, 0.15) is 18.4 Å². The molecule has 1 aliphatic heterocycles. The number of carbonyl (C=O) groups is 2. The van der Waals surface area contributed by atoms with E-state index in [1.807, 2.05) is 0 Å². The molecule has 2 rings (SSSR count). The zero-order valence-electron chi connectivity index (χ0n) is 15.9. The molecule has 0 bridgehead atoms. The molecule has 0 saturated heterocycles. The number of aliphatic carboxylic acids is 1. The highest BCUT2D eigenvalue weighted by Gasteiger charge is 2.45. The van der Waals surface area contributed by atoms with Gasteiger partial charge in [-0.05, 0) is 13.0 Å². The molecule has 146 valence electrons. The molecule has 0 aliphatic carbocycles. The fourth-order valence-corrected chi connectivity index (χ4v) is 3.31. The molecule has 1 N–H and O–H groups in total. The van der Waals surface area contributed by atoms with Gasteiger partial charge in [0.25, 0.3) is 0 Å². The summed E-state index contributed by atoms with van der Waals surface area (Å²) in [4.78, 5) is 29.1. The Hall–Kier alpha value is -2.71. The summed E-state index contributed by atoms with van der Waals surface area (Å²) in [5, 5.41) is 9.86. The van der Waals surface area contributed by atoms with Gasteiger partial charge in [-0.3, -0.25) is 9.79 Å². The molecule has 1 aromatic rings. The third kappa shape index (κ3) is 3.86. The van der Waals surface area contributed by atoms with E-state index in [2.05, 4.69) is 4.99 Å². The normalized spacial score (nSPS) is 19.7. The number of ether oxygens (including phenoxy) is 4. The smallest absolute Gasteiger partial charge is 0.336 e. The maximum atomic E-state index is 12.7. The number of para-hydroxylation sites is 1. The van der Waals surface area contributed by atoms with Gasteiger partial charge < -0.3 is 24.1 Å². The van der Waals surface area contributed by atoms with E-state index in [1.54, 1.807) is 31.2 Å². The molecule has 27 heavy (non-hydrogen) atoms. The lowest BCUT2D eigenvalue weighted by atomic mass is 9.75. The molecule has 0 spiro atoms. The molecule has 1 aromatic carbocycles. The highest BCUT2D eigenvalue weighted by atomic mass is 16.7. The van der Waals surface area contributed by atoms with Crippen molar-refractivity contribution < 1.29 is 33.6 Å². The maximum absolute atomic E-state index is 12.7. The first kappa shape index (κ1) is 20.6. The van der Waals surface area contributed by atoms with Crippen LogP contribution in [0.15, 0.2) is 40.5 Å². The summed E-state index contributed by atoms with van der Waals surface area (Å²) in [7, 11) is 5.51. The van der Waals surface area contributed by atoms with Crippen LogP contribution in [0.2, 0.25) is 0 Å². The zero-order chi connectivity index (χ0) is 20.1. The molecular formula is C19H23NO7. The number of carbonyl (C=O) groups excluding carboxylic acids is 1. The first-order valence-electron chi connectivity index (χ1n) is 8.20. The number of carboxylic acid groups (broad SMARTS) is 1. The number of rotatable bonds is 7. The quantitative estimate of drug-likeness (QED) is 0.572. The summed E-state index contributed by atoms with van der Waals surface area (Å²) < 4.78 is 20.9. The van der Waals surface area contributed by atoms with Crippen molar-refractivity contribution in [1.29, 1.82) is 0 Å². The number of hydrogen-bond acceptors (Lipinski definition) is 7. The van der Waals surface area contributed by atoms with Crippen molar-refractivity contribution in [2.24, 2.45) is 10.9 Å². The van der Waals surface area contributed by atoms with Gasteiger partial charge in [0.15, 0.2) is 0 Å². The number of esters is 1. The molecule has 8 nitrogen and oxygen atoms in total. The Labute approximate surface area is 157 Å². The topological polar surface area (TPSA) is 104 Å². The van der Waals surface area contributed by atoms with E-state index >= 15 is 0 Å². The number of carboxylic acids is 1. The van der Waals surface area contributed by atoms with E-state index in [1.165, 1.54) is 28.4 Å². The van der Waals surface area contributed by atoms with Crippen LogP contribution in [-0.2, 0) is 23.8 Å².